The van der Waals surface area contributed by atoms with Crippen molar-refractivity contribution in [1.82, 2.24) is 10.3 Å². The van der Waals surface area contributed by atoms with Crippen LogP contribution in [0.4, 0.5) is 0 Å². The van der Waals surface area contributed by atoms with Crippen LogP contribution in [-0.4, -0.2) is 17.4 Å². The molecule has 2 aromatic heterocycles. The highest BCUT2D eigenvalue weighted by Crippen LogP contribution is 2.21. The largest absolute Gasteiger partial charge is 0.361 e. The molecule has 3 aromatic rings. The molecule has 0 radical (unpaired) electrons. The van der Waals surface area contributed by atoms with Crippen molar-refractivity contribution in [3.8, 4) is 0 Å². The molecule has 20 heavy (non-hydrogen) atoms. The van der Waals surface area contributed by atoms with Gasteiger partial charge in [0.05, 0.1) is 9.21 Å². The van der Waals surface area contributed by atoms with Crippen LogP contribution < -0.4 is 5.32 Å². The summed E-state index contributed by atoms with van der Waals surface area (Å²) in [5, 5.41) is 4.12. The van der Waals surface area contributed by atoms with Gasteiger partial charge >= 0.3 is 0 Å². The number of aromatic amines is 1. The number of rotatable bonds is 4. The van der Waals surface area contributed by atoms with E-state index in [1.54, 1.807) is 12.1 Å². The van der Waals surface area contributed by atoms with Crippen LogP contribution in [-0.2, 0) is 6.42 Å². The first-order chi connectivity index (χ1) is 9.74. The Labute approximate surface area is 125 Å². The minimum Gasteiger partial charge on any atom is -0.361 e. The van der Waals surface area contributed by atoms with Crippen molar-refractivity contribution in [3.05, 3.63) is 57.4 Å². The molecular weight excluding hydrogens is 292 g/mol. The molecule has 102 valence electrons. The van der Waals surface area contributed by atoms with Crippen LogP contribution in [0.15, 0.2) is 42.6 Å². The van der Waals surface area contributed by atoms with Gasteiger partial charge in [-0.3, -0.25) is 4.79 Å². The number of carbonyl (C=O) groups excluding carboxylic acids is 1. The van der Waals surface area contributed by atoms with Gasteiger partial charge in [0.25, 0.3) is 5.91 Å². The lowest BCUT2D eigenvalue weighted by molar-refractivity contribution is 0.0958. The van der Waals surface area contributed by atoms with Crippen LogP contribution >= 0.6 is 22.9 Å². The lowest BCUT2D eigenvalue weighted by Gasteiger charge is -2.03. The number of benzene rings is 1. The molecule has 0 aliphatic heterocycles. The summed E-state index contributed by atoms with van der Waals surface area (Å²) in [7, 11) is 0. The van der Waals surface area contributed by atoms with Crippen molar-refractivity contribution in [2.45, 2.75) is 6.42 Å². The van der Waals surface area contributed by atoms with Crippen molar-refractivity contribution >= 4 is 39.7 Å². The zero-order valence-electron chi connectivity index (χ0n) is 10.7. The van der Waals surface area contributed by atoms with E-state index in [1.807, 2.05) is 24.4 Å². The summed E-state index contributed by atoms with van der Waals surface area (Å²) >= 11 is 7.11. The summed E-state index contributed by atoms with van der Waals surface area (Å²) < 4.78 is 0.631. The van der Waals surface area contributed by atoms with E-state index >= 15 is 0 Å². The van der Waals surface area contributed by atoms with Gasteiger partial charge in [0.2, 0.25) is 0 Å². The quantitative estimate of drug-likeness (QED) is 0.755. The first-order valence-electron chi connectivity index (χ1n) is 6.32. The van der Waals surface area contributed by atoms with E-state index in [0.717, 1.165) is 11.9 Å². The van der Waals surface area contributed by atoms with Crippen molar-refractivity contribution in [1.29, 1.82) is 0 Å². The first kappa shape index (κ1) is 13.2. The zero-order chi connectivity index (χ0) is 13.9. The van der Waals surface area contributed by atoms with E-state index < -0.39 is 0 Å². The Hall–Kier alpha value is -1.78. The second kappa shape index (κ2) is 5.69. The Morgan fingerprint density at radius 1 is 1.25 bits per heavy atom. The summed E-state index contributed by atoms with van der Waals surface area (Å²) in [6, 6.07) is 11.6. The van der Waals surface area contributed by atoms with E-state index in [9.17, 15) is 4.79 Å². The van der Waals surface area contributed by atoms with Gasteiger partial charge in [-0.1, -0.05) is 29.8 Å². The zero-order valence-corrected chi connectivity index (χ0v) is 12.2. The fourth-order valence-corrected chi connectivity index (χ4v) is 3.13. The molecule has 5 heteroatoms. The third-order valence-corrected chi connectivity index (χ3v) is 4.38. The first-order valence-corrected chi connectivity index (χ1v) is 7.52. The standard InChI is InChI=1S/C15H13ClN2OS/c16-14-6-5-13(20-14)15(19)17-8-7-10-9-18-12-4-2-1-3-11(10)12/h1-6,9,18H,7-8H2,(H,17,19). The highest BCUT2D eigenvalue weighted by atomic mass is 35.5. The Kier molecular flexibility index (Phi) is 3.76. The Morgan fingerprint density at radius 3 is 2.90 bits per heavy atom. The highest BCUT2D eigenvalue weighted by Gasteiger charge is 2.08. The summed E-state index contributed by atoms with van der Waals surface area (Å²) in [5.41, 5.74) is 2.34. The number of fused-ring (bicyclic) bond motifs is 1. The predicted octanol–water partition coefficient (Wildman–Crippen LogP) is 3.86. The molecule has 3 rings (SSSR count). The van der Waals surface area contributed by atoms with E-state index in [1.165, 1.54) is 22.3 Å². The van der Waals surface area contributed by atoms with E-state index in [2.05, 4.69) is 16.4 Å². The molecule has 0 atom stereocenters. The molecule has 0 unspecified atom stereocenters. The average molecular weight is 305 g/mol. The number of thiophene rings is 1. The van der Waals surface area contributed by atoms with Gasteiger partial charge in [0.1, 0.15) is 0 Å². The summed E-state index contributed by atoms with van der Waals surface area (Å²) in [4.78, 5) is 15.8. The van der Waals surface area contributed by atoms with Crippen molar-refractivity contribution in [2.75, 3.05) is 6.54 Å². The Bertz CT molecular complexity index is 747. The minimum atomic E-state index is -0.0678. The molecule has 0 aliphatic carbocycles. The Balaban J connectivity index is 1.61. The number of para-hydroxylation sites is 1. The van der Waals surface area contributed by atoms with Crippen molar-refractivity contribution in [3.63, 3.8) is 0 Å². The average Bonchev–Trinajstić information content (AvgIpc) is 3.06. The van der Waals surface area contributed by atoms with Crippen LogP contribution in [0, 0.1) is 0 Å². The number of H-pyrrole nitrogens is 1. The molecular formula is C15H13ClN2OS. The van der Waals surface area contributed by atoms with Gasteiger partial charge in [-0.15, -0.1) is 11.3 Å². The molecule has 3 nitrogen and oxygen atoms in total. The van der Waals surface area contributed by atoms with Crippen LogP contribution in [0.25, 0.3) is 10.9 Å². The van der Waals surface area contributed by atoms with Gasteiger partial charge in [0, 0.05) is 23.6 Å². The van der Waals surface area contributed by atoms with Crippen LogP contribution in [0.5, 0.6) is 0 Å². The predicted molar refractivity (Wildman–Crippen MR) is 83.7 cm³/mol. The number of nitrogens with one attached hydrogen (secondary N) is 2. The number of amides is 1. The maximum Gasteiger partial charge on any atom is 0.261 e. The molecule has 0 bridgehead atoms. The van der Waals surface area contributed by atoms with Gasteiger partial charge in [-0.25, -0.2) is 0 Å². The maximum atomic E-state index is 11.9. The second-order valence-corrected chi connectivity index (χ2v) is 6.18. The third-order valence-electron chi connectivity index (χ3n) is 3.15. The monoisotopic (exact) mass is 304 g/mol. The van der Waals surface area contributed by atoms with Gasteiger partial charge in [0.15, 0.2) is 0 Å². The molecule has 0 saturated carbocycles. The fraction of sp³-hybridized carbons (Fsp3) is 0.133. The number of aromatic nitrogens is 1. The summed E-state index contributed by atoms with van der Waals surface area (Å²) in [5.74, 6) is -0.0678. The normalized spacial score (nSPS) is 10.8. The molecule has 0 spiro atoms. The maximum absolute atomic E-state index is 11.9. The van der Waals surface area contributed by atoms with Crippen LogP contribution in [0.2, 0.25) is 4.34 Å². The highest BCUT2D eigenvalue weighted by molar-refractivity contribution is 7.17. The molecule has 1 aromatic carbocycles. The molecule has 2 heterocycles. The SMILES string of the molecule is O=C(NCCc1c[nH]c2ccccc12)c1ccc(Cl)s1. The minimum absolute atomic E-state index is 0.0678. The second-order valence-electron chi connectivity index (χ2n) is 4.47. The lowest BCUT2D eigenvalue weighted by atomic mass is 10.1. The molecule has 2 N–H and O–H groups in total. The third kappa shape index (κ3) is 2.71. The molecule has 0 aliphatic rings. The van der Waals surface area contributed by atoms with Gasteiger partial charge in [-0.05, 0) is 30.2 Å². The topological polar surface area (TPSA) is 44.9 Å². The molecule has 1 amide bonds. The van der Waals surface area contributed by atoms with Crippen molar-refractivity contribution < 1.29 is 4.79 Å². The fourth-order valence-electron chi connectivity index (χ4n) is 2.17. The van der Waals surface area contributed by atoms with Gasteiger partial charge in [-0.2, -0.15) is 0 Å². The van der Waals surface area contributed by atoms with Crippen molar-refractivity contribution in [2.24, 2.45) is 0 Å². The number of hydrogen-bond acceptors (Lipinski definition) is 2. The smallest absolute Gasteiger partial charge is 0.261 e. The number of halogens is 1. The van der Waals surface area contributed by atoms with Gasteiger partial charge < -0.3 is 10.3 Å². The Morgan fingerprint density at radius 2 is 2.10 bits per heavy atom. The van der Waals surface area contributed by atoms with E-state index in [-0.39, 0.29) is 5.91 Å². The number of carbonyl (C=O) groups is 1. The lowest BCUT2D eigenvalue weighted by Crippen LogP contribution is -2.24. The van der Waals surface area contributed by atoms with Crippen LogP contribution in [0.1, 0.15) is 15.2 Å². The summed E-state index contributed by atoms with van der Waals surface area (Å²) in [6.45, 7) is 0.607. The van der Waals surface area contributed by atoms with E-state index in [0.29, 0.717) is 15.8 Å². The summed E-state index contributed by atoms with van der Waals surface area (Å²) in [6.07, 6.45) is 2.80. The number of hydrogen-bond donors (Lipinski definition) is 2. The van der Waals surface area contributed by atoms with E-state index in [4.69, 9.17) is 11.6 Å². The molecule has 0 saturated heterocycles. The van der Waals surface area contributed by atoms with Crippen LogP contribution in [0.3, 0.4) is 0 Å². The molecule has 0 fully saturated rings.